The maximum Gasteiger partial charge on any atom is 0.340 e. The molecule has 19 heavy (non-hydrogen) atoms. The topological polar surface area (TPSA) is 85.2 Å². The Hall–Kier alpha value is -2.44. The Morgan fingerprint density at radius 2 is 2.16 bits per heavy atom. The van der Waals surface area contributed by atoms with Gasteiger partial charge in [0, 0.05) is 5.69 Å². The van der Waals surface area contributed by atoms with Gasteiger partial charge in [0.15, 0.2) is 0 Å². The van der Waals surface area contributed by atoms with Crippen LogP contribution in [0.25, 0.3) is 0 Å². The van der Waals surface area contributed by atoms with Crippen molar-refractivity contribution in [3.05, 3.63) is 35.2 Å². The first kappa shape index (κ1) is 13.0. The molecule has 100 valence electrons. The Kier molecular flexibility index (Phi) is 3.74. The van der Waals surface area contributed by atoms with Crippen molar-refractivity contribution in [1.29, 1.82) is 0 Å². The fourth-order valence-electron chi connectivity index (χ4n) is 1.79. The average molecular weight is 261 g/mol. The van der Waals surface area contributed by atoms with Crippen LogP contribution in [0, 0.1) is 13.8 Å². The number of carbonyl (C=O) groups excluding carboxylic acids is 1. The summed E-state index contributed by atoms with van der Waals surface area (Å²) in [6.45, 7) is 5.81. The van der Waals surface area contributed by atoms with Crippen molar-refractivity contribution in [2.45, 2.75) is 20.8 Å². The number of aromatic nitrogens is 4. The van der Waals surface area contributed by atoms with E-state index in [-0.39, 0.29) is 5.97 Å². The highest BCUT2D eigenvalue weighted by atomic mass is 16.5. The molecule has 0 unspecified atom stereocenters. The van der Waals surface area contributed by atoms with Crippen LogP contribution in [0.15, 0.2) is 17.8 Å². The molecule has 2 heterocycles. The standard InChI is InChI=1S/C12H15N5O2/c1-4-19-12(18)11-8(2)10(16-9(11)3)5-15-17-6-13-14-7-17/h5-7,16H,4H2,1-3H3/b15-5+. The summed E-state index contributed by atoms with van der Waals surface area (Å²) in [5.41, 5.74) is 2.90. The van der Waals surface area contributed by atoms with E-state index < -0.39 is 0 Å². The lowest BCUT2D eigenvalue weighted by Crippen LogP contribution is -2.06. The van der Waals surface area contributed by atoms with Crippen LogP contribution in [0.3, 0.4) is 0 Å². The maximum absolute atomic E-state index is 11.8. The van der Waals surface area contributed by atoms with E-state index in [1.54, 1.807) is 13.1 Å². The average Bonchev–Trinajstić information content (AvgIpc) is 2.96. The molecule has 0 aliphatic heterocycles. The maximum atomic E-state index is 11.8. The molecule has 0 saturated carbocycles. The fourth-order valence-corrected chi connectivity index (χ4v) is 1.79. The molecule has 2 aromatic rings. The zero-order valence-corrected chi connectivity index (χ0v) is 11.0. The number of aromatic amines is 1. The predicted molar refractivity (Wildman–Crippen MR) is 69.2 cm³/mol. The molecule has 7 nitrogen and oxygen atoms in total. The number of nitrogens with one attached hydrogen (secondary N) is 1. The van der Waals surface area contributed by atoms with E-state index >= 15 is 0 Å². The number of nitrogens with zero attached hydrogens (tertiary/aromatic N) is 4. The Balaban J connectivity index is 2.28. The molecule has 7 heteroatoms. The Morgan fingerprint density at radius 1 is 1.47 bits per heavy atom. The number of hydrogen-bond acceptors (Lipinski definition) is 5. The van der Waals surface area contributed by atoms with Crippen molar-refractivity contribution in [3.63, 3.8) is 0 Å². The highest BCUT2D eigenvalue weighted by Crippen LogP contribution is 2.17. The van der Waals surface area contributed by atoms with Crippen LogP contribution in [0.4, 0.5) is 0 Å². The minimum atomic E-state index is -0.322. The van der Waals surface area contributed by atoms with Crippen molar-refractivity contribution in [2.24, 2.45) is 5.10 Å². The molecule has 0 aliphatic rings. The van der Waals surface area contributed by atoms with E-state index in [0.717, 1.165) is 17.0 Å². The Labute approximate surface area is 110 Å². The van der Waals surface area contributed by atoms with Gasteiger partial charge in [-0.2, -0.15) is 5.10 Å². The van der Waals surface area contributed by atoms with Gasteiger partial charge in [-0.25, -0.2) is 9.47 Å². The van der Waals surface area contributed by atoms with Gasteiger partial charge in [0.2, 0.25) is 0 Å². The molecular weight excluding hydrogens is 246 g/mol. The molecular formula is C12H15N5O2. The zero-order chi connectivity index (χ0) is 13.8. The quantitative estimate of drug-likeness (QED) is 0.663. The second kappa shape index (κ2) is 5.47. The summed E-state index contributed by atoms with van der Waals surface area (Å²) in [6.07, 6.45) is 4.58. The lowest BCUT2D eigenvalue weighted by atomic mass is 10.1. The van der Waals surface area contributed by atoms with Gasteiger partial charge in [0.1, 0.15) is 12.7 Å². The SMILES string of the molecule is CCOC(=O)c1c(C)[nH]c(/C=N/n2cnnc2)c1C. The highest BCUT2D eigenvalue weighted by molar-refractivity contribution is 5.96. The largest absolute Gasteiger partial charge is 0.462 e. The molecule has 0 spiro atoms. The monoisotopic (exact) mass is 261 g/mol. The van der Waals surface area contributed by atoms with Gasteiger partial charge in [-0.05, 0) is 26.3 Å². The second-order valence-electron chi connectivity index (χ2n) is 3.97. The highest BCUT2D eigenvalue weighted by Gasteiger charge is 2.18. The second-order valence-corrected chi connectivity index (χ2v) is 3.97. The zero-order valence-electron chi connectivity index (χ0n) is 11.0. The van der Waals surface area contributed by atoms with Gasteiger partial charge in [0.25, 0.3) is 0 Å². The molecule has 0 amide bonds. The van der Waals surface area contributed by atoms with Gasteiger partial charge >= 0.3 is 5.97 Å². The molecule has 0 aromatic carbocycles. The molecule has 0 radical (unpaired) electrons. The number of ether oxygens (including phenoxy) is 1. The fraction of sp³-hybridized carbons (Fsp3) is 0.333. The summed E-state index contributed by atoms with van der Waals surface area (Å²) in [5.74, 6) is -0.322. The molecule has 2 rings (SSSR count). The molecule has 0 fully saturated rings. The number of esters is 1. The van der Waals surface area contributed by atoms with Crippen LogP contribution in [0.2, 0.25) is 0 Å². The van der Waals surface area contributed by atoms with Gasteiger partial charge in [-0.15, -0.1) is 10.2 Å². The van der Waals surface area contributed by atoms with E-state index in [9.17, 15) is 4.79 Å². The van der Waals surface area contributed by atoms with Gasteiger partial charge in [-0.1, -0.05) is 0 Å². The van der Waals surface area contributed by atoms with E-state index in [1.807, 2.05) is 13.8 Å². The third kappa shape index (κ3) is 2.70. The van der Waals surface area contributed by atoms with Gasteiger partial charge < -0.3 is 9.72 Å². The summed E-state index contributed by atoms with van der Waals surface area (Å²) in [4.78, 5) is 14.9. The first-order valence-electron chi connectivity index (χ1n) is 5.88. The summed E-state index contributed by atoms with van der Waals surface area (Å²) in [5, 5.41) is 11.4. The first-order chi connectivity index (χ1) is 9.13. The lowest BCUT2D eigenvalue weighted by Gasteiger charge is -2.01. The van der Waals surface area contributed by atoms with Crippen LogP contribution in [-0.4, -0.2) is 38.6 Å². The number of rotatable bonds is 4. The number of hydrogen-bond donors (Lipinski definition) is 1. The summed E-state index contributed by atoms with van der Waals surface area (Å²) < 4.78 is 6.50. The van der Waals surface area contributed by atoms with Crippen LogP contribution >= 0.6 is 0 Å². The van der Waals surface area contributed by atoms with Gasteiger partial charge in [0.05, 0.1) is 24.1 Å². The van der Waals surface area contributed by atoms with E-state index in [1.165, 1.54) is 17.3 Å². The molecule has 0 saturated heterocycles. The van der Waals surface area contributed by atoms with E-state index in [4.69, 9.17) is 4.74 Å². The number of H-pyrrole nitrogens is 1. The normalized spacial score (nSPS) is 11.1. The van der Waals surface area contributed by atoms with Crippen LogP contribution in [-0.2, 0) is 4.74 Å². The minimum Gasteiger partial charge on any atom is -0.462 e. The van der Waals surface area contributed by atoms with Gasteiger partial charge in [-0.3, -0.25) is 0 Å². The van der Waals surface area contributed by atoms with Crippen molar-refractivity contribution in [3.8, 4) is 0 Å². The Bertz CT molecular complexity index is 598. The molecule has 1 N–H and O–H groups in total. The van der Waals surface area contributed by atoms with Crippen LogP contribution in [0.1, 0.15) is 34.2 Å². The van der Waals surface area contributed by atoms with Crippen LogP contribution < -0.4 is 0 Å². The van der Waals surface area contributed by atoms with Crippen molar-refractivity contribution in [2.75, 3.05) is 6.61 Å². The molecule has 0 bridgehead atoms. The summed E-state index contributed by atoms with van der Waals surface area (Å²) in [7, 11) is 0. The smallest absolute Gasteiger partial charge is 0.340 e. The minimum absolute atomic E-state index is 0.322. The Morgan fingerprint density at radius 3 is 2.79 bits per heavy atom. The van der Waals surface area contributed by atoms with E-state index in [0.29, 0.717) is 12.2 Å². The molecule has 0 aliphatic carbocycles. The lowest BCUT2D eigenvalue weighted by molar-refractivity contribution is 0.0525. The van der Waals surface area contributed by atoms with Crippen LogP contribution in [0.5, 0.6) is 0 Å². The molecule has 0 atom stereocenters. The van der Waals surface area contributed by atoms with Crippen molar-refractivity contribution in [1.82, 2.24) is 19.9 Å². The third-order valence-electron chi connectivity index (χ3n) is 2.68. The number of aryl methyl sites for hydroxylation is 1. The molecule has 2 aromatic heterocycles. The number of carbonyl (C=O) groups is 1. The third-order valence-corrected chi connectivity index (χ3v) is 2.68. The summed E-state index contributed by atoms with van der Waals surface area (Å²) in [6, 6.07) is 0. The summed E-state index contributed by atoms with van der Waals surface area (Å²) >= 11 is 0. The van der Waals surface area contributed by atoms with Crippen molar-refractivity contribution < 1.29 is 9.53 Å². The van der Waals surface area contributed by atoms with Crippen molar-refractivity contribution >= 4 is 12.2 Å². The predicted octanol–water partition coefficient (Wildman–Crippen LogP) is 1.28. The first-order valence-corrected chi connectivity index (χ1v) is 5.88. The van der Waals surface area contributed by atoms with E-state index in [2.05, 4.69) is 20.3 Å².